The molecule has 0 radical (unpaired) electrons. The van der Waals surface area contributed by atoms with Crippen molar-refractivity contribution in [1.29, 1.82) is 0 Å². The maximum absolute atomic E-state index is 12.8. The van der Waals surface area contributed by atoms with E-state index in [1.807, 2.05) is 0 Å². The van der Waals surface area contributed by atoms with Crippen molar-refractivity contribution in [2.75, 3.05) is 45.3 Å². The molecule has 1 aromatic heterocycles. The summed E-state index contributed by atoms with van der Waals surface area (Å²) in [6.45, 7) is 6.30. The molecule has 1 amide bonds. The molecule has 1 saturated heterocycles. The fourth-order valence-corrected chi connectivity index (χ4v) is 4.10. The van der Waals surface area contributed by atoms with E-state index in [1.54, 1.807) is 24.3 Å². The summed E-state index contributed by atoms with van der Waals surface area (Å²) in [5.74, 6) is 0.313. The molecule has 34 heavy (non-hydrogen) atoms. The summed E-state index contributed by atoms with van der Waals surface area (Å²) in [6, 6.07) is 5.32. The Morgan fingerprint density at radius 2 is 2.29 bits per heavy atom. The van der Waals surface area contributed by atoms with E-state index in [1.165, 1.54) is 7.11 Å². The minimum absolute atomic E-state index is 0.0624. The van der Waals surface area contributed by atoms with Gasteiger partial charge in [-0.3, -0.25) is 4.79 Å². The molecule has 1 fully saturated rings. The van der Waals surface area contributed by atoms with E-state index in [4.69, 9.17) is 31.5 Å². The Bertz CT molecular complexity index is 1140. The van der Waals surface area contributed by atoms with Crippen LogP contribution in [-0.2, 0) is 15.9 Å². The number of hydrogen-bond acceptors (Lipinski definition) is 6. The number of H-pyrrole nitrogens is 1. The van der Waals surface area contributed by atoms with Gasteiger partial charge in [0.15, 0.2) is 5.75 Å². The van der Waals surface area contributed by atoms with Crippen LogP contribution < -0.4 is 21.1 Å². The minimum atomic E-state index is -0.202. The molecule has 2 aromatic rings. The quantitative estimate of drug-likeness (QED) is 0.350. The lowest BCUT2D eigenvalue weighted by atomic mass is 10.1. The second-order valence-corrected chi connectivity index (χ2v) is 8.06. The van der Waals surface area contributed by atoms with Crippen molar-refractivity contribution in [2.45, 2.75) is 12.5 Å². The summed E-state index contributed by atoms with van der Waals surface area (Å²) in [6.07, 6.45) is 2.02. The Hall–Kier alpha value is -3.34. The van der Waals surface area contributed by atoms with Crippen molar-refractivity contribution in [3.63, 3.8) is 0 Å². The molecule has 0 saturated carbocycles. The Morgan fingerprint density at radius 1 is 1.44 bits per heavy atom. The van der Waals surface area contributed by atoms with Crippen molar-refractivity contribution in [2.24, 2.45) is 15.7 Å². The van der Waals surface area contributed by atoms with E-state index < -0.39 is 0 Å². The average Bonchev–Trinajstić information content (AvgIpc) is 3.21. The average molecular weight is 487 g/mol. The number of nitrogens with zero attached hydrogens (tertiary/aromatic N) is 2. The molecule has 1 aromatic carbocycles. The smallest absolute Gasteiger partial charge is 0.255 e. The van der Waals surface area contributed by atoms with Gasteiger partial charge in [-0.25, -0.2) is 9.98 Å². The topological polar surface area (TPSA) is 135 Å². The van der Waals surface area contributed by atoms with Crippen LogP contribution in [0.3, 0.4) is 0 Å². The largest absolute Gasteiger partial charge is 0.493 e. The monoisotopic (exact) mass is 486 g/mol. The Kier molecular flexibility index (Phi) is 7.51. The van der Waals surface area contributed by atoms with E-state index in [0.717, 1.165) is 5.69 Å². The first-order chi connectivity index (χ1) is 16.5. The first-order valence-electron chi connectivity index (χ1n) is 10.8. The molecule has 5 N–H and O–H groups in total. The normalized spacial score (nSPS) is 18.8. The number of amides is 1. The molecule has 0 aliphatic carbocycles. The highest BCUT2D eigenvalue weighted by Gasteiger charge is 2.28. The van der Waals surface area contributed by atoms with E-state index >= 15 is 0 Å². The molecule has 2 aliphatic rings. The van der Waals surface area contributed by atoms with Crippen LogP contribution in [0.25, 0.3) is 0 Å². The third kappa shape index (κ3) is 5.09. The van der Waals surface area contributed by atoms with Gasteiger partial charge < -0.3 is 35.6 Å². The fraction of sp³-hybridized carbons (Fsp3) is 0.348. The molecule has 10 nitrogen and oxygen atoms in total. The van der Waals surface area contributed by atoms with Gasteiger partial charge in [-0.05, 0) is 18.2 Å². The number of fused-ring (bicyclic) bond motifs is 1. The zero-order valence-corrected chi connectivity index (χ0v) is 19.6. The Balaban J connectivity index is 1.71. The number of aliphatic imine (C=N–C) groups is 2. The molecular weight excluding hydrogens is 460 g/mol. The van der Waals surface area contributed by atoms with Crippen LogP contribution in [0.5, 0.6) is 5.75 Å². The number of anilines is 2. The molecule has 180 valence electrons. The number of carbonyl (C=O) groups excluding carboxylic acids is 1. The number of nitrogens with one attached hydrogen (secondary N) is 3. The summed E-state index contributed by atoms with van der Waals surface area (Å²) in [5, 5.41) is 6.61. The minimum Gasteiger partial charge on any atom is -0.493 e. The molecule has 11 heteroatoms. The summed E-state index contributed by atoms with van der Waals surface area (Å²) in [7, 11) is 1.53. The number of aromatic amines is 1. The van der Waals surface area contributed by atoms with Gasteiger partial charge >= 0.3 is 0 Å². The van der Waals surface area contributed by atoms with Crippen LogP contribution in [0.15, 0.2) is 40.8 Å². The van der Waals surface area contributed by atoms with Gasteiger partial charge in [0.25, 0.3) is 5.91 Å². The molecule has 4 rings (SSSR count). The van der Waals surface area contributed by atoms with Gasteiger partial charge in [-0.2, -0.15) is 0 Å². The van der Waals surface area contributed by atoms with Gasteiger partial charge in [0.1, 0.15) is 6.10 Å². The molecule has 2 aliphatic heterocycles. The SMILES string of the molecule is C=C/C(=N\C(N)=NC[C@H]1COCCO1)c1[nH]c2c(c1Nc1cccc(Cl)c1OC)C(=O)NCC2. The predicted octanol–water partition coefficient (Wildman–Crippen LogP) is 2.41. The fourth-order valence-electron chi connectivity index (χ4n) is 3.85. The van der Waals surface area contributed by atoms with E-state index in [9.17, 15) is 4.79 Å². The van der Waals surface area contributed by atoms with Crippen LogP contribution in [0.2, 0.25) is 5.02 Å². The van der Waals surface area contributed by atoms with Gasteiger partial charge in [0, 0.05) is 18.7 Å². The number of ether oxygens (including phenoxy) is 3. The van der Waals surface area contributed by atoms with Crippen LogP contribution in [0, 0.1) is 0 Å². The van der Waals surface area contributed by atoms with Gasteiger partial charge in [-0.1, -0.05) is 24.2 Å². The van der Waals surface area contributed by atoms with E-state index in [-0.39, 0.29) is 18.0 Å². The molecule has 0 unspecified atom stereocenters. The van der Waals surface area contributed by atoms with Gasteiger partial charge in [0.2, 0.25) is 5.96 Å². The first-order valence-corrected chi connectivity index (χ1v) is 11.2. The number of benzene rings is 1. The second kappa shape index (κ2) is 10.7. The van der Waals surface area contributed by atoms with Crippen LogP contribution in [0.4, 0.5) is 11.4 Å². The summed E-state index contributed by atoms with van der Waals surface area (Å²) in [5.41, 5.74) is 9.44. The highest BCUT2D eigenvalue weighted by atomic mass is 35.5. The molecule has 0 spiro atoms. The molecule has 1 atom stereocenters. The van der Waals surface area contributed by atoms with E-state index in [2.05, 4.69) is 32.2 Å². The Morgan fingerprint density at radius 3 is 3.03 bits per heavy atom. The van der Waals surface area contributed by atoms with Gasteiger partial charge in [-0.15, -0.1) is 0 Å². The van der Waals surface area contributed by atoms with E-state index in [0.29, 0.717) is 78.4 Å². The summed E-state index contributed by atoms with van der Waals surface area (Å²) in [4.78, 5) is 24.9. The number of guanidine groups is 1. The number of rotatable bonds is 7. The Labute approximate surface area is 202 Å². The zero-order chi connectivity index (χ0) is 24.1. The van der Waals surface area contributed by atoms with Crippen molar-refractivity contribution < 1.29 is 19.0 Å². The molecular formula is C23H27ClN6O4. The third-order valence-corrected chi connectivity index (χ3v) is 5.72. The number of carbonyl (C=O) groups is 1. The van der Waals surface area contributed by atoms with Crippen molar-refractivity contribution >= 4 is 40.6 Å². The molecule has 3 heterocycles. The van der Waals surface area contributed by atoms with Crippen LogP contribution in [0.1, 0.15) is 21.7 Å². The lowest BCUT2D eigenvalue weighted by Gasteiger charge is -2.21. The highest BCUT2D eigenvalue weighted by Crippen LogP contribution is 2.38. The number of allylic oxidation sites excluding steroid dienone is 1. The van der Waals surface area contributed by atoms with Crippen LogP contribution >= 0.6 is 11.6 Å². The lowest BCUT2D eigenvalue weighted by Crippen LogP contribution is -2.31. The highest BCUT2D eigenvalue weighted by molar-refractivity contribution is 6.32. The van der Waals surface area contributed by atoms with Gasteiger partial charge in [0.05, 0.1) is 66.8 Å². The number of hydrogen-bond donors (Lipinski definition) is 4. The maximum atomic E-state index is 12.8. The third-order valence-electron chi connectivity index (χ3n) is 5.42. The zero-order valence-electron chi connectivity index (χ0n) is 18.8. The first kappa shape index (κ1) is 23.8. The molecule has 0 bridgehead atoms. The van der Waals surface area contributed by atoms with Crippen molar-refractivity contribution in [3.05, 3.63) is 52.8 Å². The number of methoxy groups -OCH3 is 1. The lowest BCUT2D eigenvalue weighted by molar-refractivity contribution is -0.0832. The number of aromatic nitrogens is 1. The summed E-state index contributed by atoms with van der Waals surface area (Å²) < 4.78 is 16.4. The van der Waals surface area contributed by atoms with Crippen molar-refractivity contribution in [1.82, 2.24) is 10.3 Å². The second-order valence-electron chi connectivity index (χ2n) is 7.65. The number of halogens is 1. The predicted molar refractivity (Wildman–Crippen MR) is 132 cm³/mol. The van der Waals surface area contributed by atoms with Crippen molar-refractivity contribution in [3.8, 4) is 5.75 Å². The number of nitrogens with two attached hydrogens (primary N) is 1. The van der Waals surface area contributed by atoms with Crippen LogP contribution in [-0.4, -0.2) is 68.7 Å². The maximum Gasteiger partial charge on any atom is 0.255 e. The summed E-state index contributed by atoms with van der Waals surface area (Å²) >= 11 is 6.30. The number of para-hydroxylation sites is 1. The standard InChI is InChI=1S/C23H27ClN6O4/c1-3-15(30-23(25)27-11-13-12-33-9-10-34-13)19-20(18-16(28-19)7-8-26-22(18)31)29-17-6-4-5-14(24)21(17)32-2/h3-6,13,28-29H,1,7-12H2,2H3,(H2,25,27)(H,26,31)/b30-15+/t13-/m0/s1.